The van der Waals surface area contributed by atoms with Gasteiger partial charge in [0.05, 0.1) is 24.9 Å². The largest absolute Gasteiger partial charge is 0.394 e. The second-order valence-corrected chi connectivity index (χ2v) is 3.27. The highest BCUT2D eigenvalue weighted by molar-refractivity contribution is 4.85. The maximum atomic E-state index is 8.83. The van der Waals surface area contributed by atoms with Gasteiger partial charge in [-0.25, -0.2) is 0 Å². The average Bonchev–Trinajstić information content (AvgIpc) is 2.46. The van der Waals surface area contributed by atoms with E-state index in [4.69, 9.17) is 14.6 Å². The van der Waals surface area contributed by atoms with E-state index in [-0.39, 0.29) is 24.9 Å². The summed E-state index contributed by atoms with van der Waals surface area (Å²) >= 11 is 0. The standard InChI is InChI=1S/C8H14O3/c9-5-6-4-8-7(11-6)2-1-3-10-8/h6-9H,1-5H2. The lowest BCUT2D eigenvalue weighted by Gasteiger charge is -2.23. The Morgan fingerprint density at radius 3 is 3.00 bits per heavy atom. The van der Waals surface area contributed by atoms with Crippen LogP contribution in [0.3, 0.4) is 0 Å². The number of hydrogen-bond donors (Lipinski definition) is 1. The average molecular weight is 158 g/mol. The Kier molecular flexibility index (Phi) is 2.11. The van der Waals surface area contributed by atoms with Crippen molar-refractivity contribution in [1.82, 2.24) is 0 Å². The first-order valence-electron chi connectivity index (χ1n) is 4.28. The van der Waals surface area contributed by atoms with Crippen molar-refractivity contribution in [3.8, 4) is 0 Å². The second kappa shape index (κ2) is 3.09. The van der Waals surface area contributed by atoms with Crippen LogP contribution in [0, 0.1) is 0 Å². The molecule has 64 valence electrons. The Hall–Kier alpha value is -0.120. The molecule has 0 amide bonds. The summed E-state index contributed by atoms with van der Waals surface area (Å²) in [4.78, 5) is 0. The van der Waals surface area contributed by atoms with Crippen LogP contribution in [0.2, 0.25) is 0 Å². The van der Waals surface area contributed by atoms with Gasteiger partial charge >= 0.3 is 0 Å². The van der Waals surface area contributed by atoms with Crippen LogP contribution in [0.25, 0.3) is 0 Å². The minimum Gasteiger partial charge on any atom is -0.394 e. The van der Waals surface area contributed by atoms with E-state index in [9.17, 15) is 0 Å². The molecule has 0 bridgehead atoms. The van der Waals surface area contributed by atoms with Gasteiger partial charge < -0.3 is 14.6 Å². The van der Waals surface area contributed by atoms with Crippen molar-refractivity contribution >= 4 is 0 Å². The molecule has 2 rings (SSSR count). The SMILES string of the molecule is OCC1CC2OCCCC2O1. The van der Waals surface area contributed by atoms with E-state index < -0.39 is 0 Å². The van der Waals surface area contributed by atoms with Crippen LogP contribution in [0.15, 0.2) is 0 Å². The second-order valence-electron chi connectivity index (χ2n) is 3.27. The van der Waals surface area contributed by atoms with Crippen molar-refractivity contribution in [2.75, 3.05) is 13.2 Å². The minimum atomic E-state index is 0.0306. The maximum absolute atomic E-state index is 8.83. The van der Waals surface area contributed by atoms with Crippen molar-refractivity contribution in [3.05, 3.63) is 0 Å². The molecule has 3 nitrogen and oxygen atoms in total. The number of rotatable bonds is 1. The van der Waals surface area contributed by atoms with Gasteiger partial charge in [0.15, 0.2) is 0 Å². The first-order chi connectivity index (χ1) is 5.40. The lowest BCUT2D eigenvalue weighted by atomic mass is 10.0. The van der Waals surface area contributed by atoms with E-state index in [1.165, 1.54) is 0 Å². The molecule has 0 spiro atoms. The van der Waals surface area contributed by atoms with E-state index in [1.807, 2.05) is 0 Å². The summed E-state index contributed by atoms with van der Waals surface area (Å²) in [6.07, 6.45) is 3.63. The first-order valence-corrected chi connectivity index (χ1v) is 4.28. The lowest BCUT2D eigenvalue weighted by Crippen LogP contribution is -2.29. The summed E-state index contributed by atoms with van der Waals surface area (Å²) < 4.78 is 11.0. The predicted molar refractivity (Wildman–Crippen MR) is 39.3 cm³/mol. The molecular weight excluding hydrogens is 144 g/mol. The fourth-order valence-corrected chi connectivity index (χ4v) is 1.87. The van der Waals surface area contributed by atoms with E-state index in [1.54, 1.807) is 0 Å². The van der Waals surface area contributed by atoms with Gasteiger partial charge in [-0.1, -0.05) is 0 Å². The van der Waals surface area contributed by atoms with Crippen LogP contribution in [0.5, 0.6) is 0 Å². The molecule has 0 saturated carbocycles. The highest BCUT2D eigenvalue weighted by Gasteiger charge is 2.37. The van der Waals surface area contributed by atoms with Gasteiger partial charge in [0.25, 0.3) is 0 Å². The van der Waals surface area contributed by atoms with Crippen molar-refractivity contribution in [3.63, 3.8) is 0 Å². The number of fused-ring (bicyclic) bond motifs is 1. The zero-order valence-corrected chi connectivity index (χ0v) is 6.53. The summed E-state index contributed by atoms with van der Waals surface area (Å²) in [6.45, 7) is 0.999. The molecule has 11 heavy (non-hydrogen) atoms. The van der Waals surface area contributed by atoms with E-state index in [2.05, 4.69) is 0 Å². The van der Waals surface area contributed by atoms with Crippen molar-refractivity contribution in [2.24, 2.45) is 0 Å². The maximum Gasteiger partial charge on any atom is 0.0862 e. The quantitative estimate of drug-likeness (QED) is 0.597. The van der Waals surface area contributed by atoms with Gasteiger partial charge in [0, 0.05) is 13.0 Å². The van der Waals surface area contributed by atoms with Gasteiger partial charge in [-0.15, -0.1) is 0 Å². The molecular formula is C8H14O3. The zero-order chi connectivity index (χ0) is 7.68. The fourth-order valence-electron chi connectivity index (χ4n) is 1.87. The monoisotopic (exact) mass is 158 g/mol. The molecule has 2 fully saturated rings. The molecule has 2 saturated heterocycles. The topological polar surface area (TPSA) is 38.7 Å². The van der Waals surface area contributed by atoms with Crippen LogP contribution >= 0.6 is 0 Å². The Bertz CT molecular complexity index is 123. The molecule has 3 unspecified atom stereocenters. The summed E-state index contributed by atoms with van der Waals surface area (Å²) in [5, 5.41) is 8.83. The fraction of sp³-hybridized carbons (Fsp3) is 1.00. The molecule has 0 aromatic rings. The van der Waals surface area contributed by atoms with Crippen LogP contribution in [0.1, 0.15) is 19.3 Å². The van der Waals surface area contributed by atoms with Gasteiger partial charge in [-0.3, -0.25) is 0 Å². The van der Waals surface area contributed by atoms with Crippen LogP contribution in [-0.2, 0) is 9.47 Å². The van der Waals surface area contributed by atoms with Gasteiger partial charge in [0.1, 0.15) is 0 Å². The Morgan fingerprint density at radius 2 is 2.27 bits per heavy atom. The summed E-state index contributed by atoms with van der Waals surface area (Å²) in [5.74, 6) is 0. The van der Waals surface area contributed by atoms with Gasteiger partial charge in [-0.05, 0) is 12.8 Å². The minimum absolute atomic E-state index is 0.0306. The first kappa shape index (κ1) is 7.53. The molecule has 1 N–H and O–H groups in total. The van der Waals surface area contributed by atoms with Crippen molar-refractivity contribution in [1.29, 1.82) is 0 Å². The summed E-state index contributed by atoms with van der Waals surface area (Å²) in [7, 11) is 0. The highest BCUT2D eigenvalue weighted by atomic mass is 16.6. The van der Waals surface area contributed by atoms with E-state index >= 15 is 0 Å². The molecule has 3 heteroatoms. The van der Waals surface area contributed by atoms with Crippen LogP contribution < -0.4 is 0 Å². The number of aliphatic hydroxyl groups excluding tert-OH is 1. The van der Waals surface area contributed by atoms with Gasteiger partial charge in [0.2, 0.25) is 0 Å². The van der Waals surface area contributed by atoms with E-state index in [0.717, 1.165) is 25.9 Å². The van der Waals surface area contributed by atoms with Crippen molar-refractivity contribution in [2.45, 2.75) is 37.6 Å². The summed E-state index contributed by atoms with van der Waals surface area (Å²) in [6, 6.07) is 0. The molecule has 2 aliphatic heterocycles. The number of ether oxygens (including phenoxy) is 2. The molecule has 0 radical (unpaired) electrons. The lowest BCUT2D eigenvalue weighted by molar-refractivity contribution is -0.0633. The normalized spacial score (nSPS) is 43.9. The van der Waals surface area contributed by atoms with Gasteiger partial charge in [-0.2, -0.15) is 0 Å². The number of aliphatic hydroxyl groups is 1. The third-order valence-corrected chi connectivity index (χ3v) is 2.45. The third kappa shape index (κ3) is 1.41. The highest BCUT2D eigenvalue weighted by Crippen LogP contribution is 2.29. The zero-order valence-electron chi connectivity index (χ0n) is 6.53. The smallest absolute Gasteiger partial charge is 0.0862 e. The molecule has 2 aliphatic rings. The third-order valence-electron chi connectivity index (χ3n) is 2.45. The van der Waals surface area contributed by atoms with Crippen LogP contribution in [-0.4, -0.2) is 36.6 Å². The van der Waals surface area contributed by atoms with Crippen molar-refractivity contribution < 1.29 is 14.6 Å². The number of hydrogen-bond acceptors (Lipinski definition) is 3. The molecule has 0 aromatic carbocycles. The Morgan fingerprint density at radius 1 is 1.36 bits per heavy atom. The molecule has 0 aliphatic carbocycles. The van der Waals surface area contributed by atoms with Crippen LogP contribution in [0.4, 0.5) is 0 Å². The predicted octanol–water partition coefficient (Wildman–Crippen LogP) is 0.315. The van der Waals surface area contributed by atoms with E-state index in [0.29, 0.717) is 0 Å². The molecule has 3 atom stereocenters. The molecule has 0 aromatic heterocycles. The molecule has 2 heterocycles. The summed E-state index contributed by atoms with van der Waals surface area (Å²) in [5.41, 5.74) is 0. The Labute approximate surface area is 66.3 Å². The Balaban J connectivity index is 1.92.